The number of para-hydroxylation sites is 1. The summed E-state index contributed by atoms with van der Waals surface area (Å²) in [5.74, 6) is 6.51. The first-order valence-corrected chi connectivity index (χ1v) is 16.6. The number of benzene rings is 2. The second-order valence-corrected chi connectivity index (χ2v) is 11.2. The van der Waals surface area contributed by atoms with Gasteiger partial charge in [-0.15, -0.1) is 0 Å². The van der Waals surface area contributed by atoms with E-state index in [1.165, 1.54) is 115 Å². The molecule has 0 atom stereocenters. The van der Waals surface area contributed by atoms with Crippen LogP contribution in [-0.4, -0.2) is 11.9 Å². The van der Waals surface area contributed by atoms with Gasteiger partial charge in [-0.1, -0.05) is 153 Å². The van der Waals surface area contributed by atoms with Gasteiger partial charge in [0.25, 0.3) is 0 Å². The zero-order valence-corrected chi connectivity index (χ0v) is 27.1. The van der Waals surface area contributed by atoms with E-state index in [9.17, 15) is 0 Å². The molecule has 2 aromatic carbocycles. The fraction of sp³-hybridized carbons (Fsp3) is 0.579. The Bertz CT molecular complexity index is 982. The van der Waals surface area contributed by atoms with E-state index in [1.807, 2.05) is 36.5 Å². The molecule has 0 spiro atoms. The largest absolute Gasteiger partial charge is 0.254 e. The zero-order chi connectivity index (χ0) is 28.4. The number of nitrogens with zero attached hydrogens (tertiary/aromatic N) is 2. The summed E-state index contributed by atoms with van der Waals surface area (Å²) in [6.45, 7) is 4.51. The summed E-state index contributed by atoms with van der Waals surface area (Å²) in [6, 6.07) is 18.7. The van der Waals surface area contributed by atoms with E-state index in [0.29, 0.717) is 5.71 Å². The molecule has 0 N–H and O–H groups in total. The summed E-state index contributed by atoms with van der Waals surface area (Å²) in [6.07, 6.45) is 28.6. The molecule has 41 heavy (non-hydrogen) atoms. The molecule has 0 aliphatic rings. The van der Waals surface area contributed by atoms with Crippen molar-refractivity contribution in [2.45, 2.75) is 142 Å². The number of aliphatic imine (C=N–C) groups is 2. The normalized spacial score (nSPS) is 11.3. The van der Waals surface area contributed by atoms with Gasteiger partial charge in [-0.05, 0) is 55.0 Å². The first kappa shape index (κ1) is 36.9. The van der Waals surface area contributed by atoms with Crippen molar-refractivity contribution in [3.63, 3.8) is 0 Å². The molecular weight excluding hydrogens is 543 g/mol. The van der Waals surface area contributed by atoms with Gasteiger partial charge in [0.05, 0.1) is 17.6 Å². The second-order valence-electron chi connectivity index (χ2n) is 11.2. The van der Waals surface area contributed by atoms with Crippen molar-refractivity contribution in [2.75, 3.05) is 0 Å². The van der Waals surface area contributed by atoms with Crippen LogP contribution in [0.2, 0.25) is 0 Å². The molecule has 0 saturated heterocycles. The van der Waals surface area contributed by atoms with E-state index < -0.39 is 0 Å². The molecule has 0 saturated carbocycles. The molecule has 3 heteroatoms. The van der Waals surface area contributed by atoms with Gasteiger partial charge < -0.3 is 0 Å². The fourth-order valence-electron chi connectivity index (χ4n) is 4.93. The summed E-state index contributed by atoms with van der Waals surface area (Å²) < 4.78 is 0. The van der Waals surface area contributed by atoms with Crippen LogP contribution in [0.5, 0.6) is 0 Å². The number of hydrogen-bond donors (Lipinski definition) is 0. The van der Waals surface area contributed by atoms with Crippen LogP contribution in [0.4, 0.5) is 11.4 Å². The van der Waals surface area contributed by atoms with Crippen molar-refractivity contribution in [3.8, 4) is 11.8 Å². The van der Waals surface area contributed by atoms with E-state index in [0.717, 1.165) is 30.6 Å². The Hall–Kier alpha value is -2.17. The van der Waals surface area contributed by atoms with Crippen LogP contribution in [-0.2, 0) is 22.9 Å². The predicted molar refractivity (Wildman–Crippen MR) is 179 cm³/mol. The van der Waals surface area contributed by atoms with Crippen molar-refractivity contribution in [1.82, 2.24) is 0 Å². The van der Waals surface area contributed by atoms with Gasteiger partial charge in [0.1, 0.15) is 5.71 Å². The minimum atomic E-state index is 0. The first-order valence-electron chi connectivity index (χ1n) is 16.6. The Morgan fingerprint density at radius 3 is 1.66 bits per heavy atom. The van der Waals surface area contributed by atoms with Crippen molar-refractivity contribution < 1.29 is 16.5 Å². The third kappa shape index (κ3) is 20.4. The van der Waals surface area contributed by atoms with E-state index in [-0.39, 0.29) is 16.5 Å². The van der Waals surface area contributed by atoms with Crippen molar-refractivity contribution >= 4 is 23.3 Å². The average Bonchev–Trinajstić information content (AvgIpc) is 2.98. The molecule has 0 heterocycles. The van der Waals surface area contributed by atoms with E-state index in [4.69, 9.17) is 4.99 Å². The zero-order valence-electron chi connectivity index (χ0n) is 26.1. The fourth-order valence-corrected chi connectivity index (χ4v) is 4.93. The predicted octanol–water partition coefficient (Wildman–Crippen LogP) is 12.2. The number of aryl methyl sites for hydroxylation is 1. The maximum Gasteiger partial charge on any atom is 0.132 e. The molecule has 0 amide bonds. The summed E-state index contributed by atoms with van der Waals surface area (Å²) in [4.78, 5) is 9.38. The molecule has 0 aliphatic carbocycles. The molecular formula is C38H56N2Ni. The third-order valence-corrected chi connectivity index (χ3v) is 7.47. The van der Waals surface area contributed by atoms with E-state index in [1.54, 1.807) is 0 Å². The Morgan fingerprint density at radius 2 is 1.10 bits per heavy atom. The Morgan fingerprint density at radius 1 is 0.585 bits per heavy atom. The number of unbranched alkanes of at least 4 members (excludes halogenated alkanes) is 17. The molecule has 0 fully saturated rings. The van der Waals surface area contributed by atoms with Crippen LogP contribution in [0.1, 0.15) is 141 Å². The average molecular weight is 600 g/mol. The van der Waals surface area contributed by atoms with Crippen molar-refractivity contribution in [3.05, 3.63) is 60.2 Å². The molecule has 2 rings (SSSR count). The van der Waals surface area contributed by atoms with Crippen LogP contribution in [0, 0.1) is 11.8 Å². The van der Waals surface area contributed by atoms with E-state index >= 15 is 0 Å². The van der Waals surface area contributed by atoms with Crippen LogP contribution in [0.15, 0.2) is 64.6 Å². The van der Waals surface area contributed by atoms with Gasteiger partial charge in [0.2, 0.25) is 0 Å². The van der Waals surface area contributed by atoms with Gasteiger partial charge in [-0.25, -0.2) is 4.99 Å². The Labute approximate surface area is 263 Å². The van der Waals surface area contributed by atoms with Gasteiger partial charge in [-0.2, -0.15) is 0 Å². The molecule has 0 aliphatic heterocycles. The second kappa shape index (κ2) is 26.7. The Kier molecular flexibility index (Phi) is 24.0. The van der Waals surface area contributed by atoms with Gasteiger partial charge >= 0.3 is 0 Å². The van der Waals surface area contributed by atoms with Gasteiger partial charge in [0, 0.05) is 22.9 Å². The minimum absolute atomic E-state index is 0. The van der Waals surface area contributed by atoms with Crippen molar-refractivity contribution in [1.29, 1.82) is 0 Å². The molecule has 2 aromatic rings. The first-order chi connectivity index (χ1) is 19.8. The maximum absolute atomic E-state index is 4.71. The van der Waals surface area contributed by atoms with E-state index in [2.05, 4.69) is 54.9 Å². The van der Waals surface area contributed by atoms with Gasteiger partial charge in [-0.3, -0.25) is 4.99 Å². The Balaban J connectivity index is 0.00000840. The standard InChI is InChI=1S/C38H56N2.Ni/c1-3-5-7-9-10-11-12-13-14-15-16-17-18-20-22-26-35-30-32-36(33-31-35)39-34-38(29-23-19-8-6-4-2)40-37-27-24-21-25-28-37;/h21,24-25,27-28,30-34H,3-20,22,26H2,1-2H3;/b39-34+,40-38+;. The number of hydrogen-bond acceptors (Lipinski definition) is 2. The van der Waals surface area contributed by atoms with Crippen LogP contribution >= 0.6 is 0 Å². The summed E-state index contributed by atoms with van der Waals surface area (Å²) in [7, 11) is 0. The SMILES string of the molecule is CCCCCC#CC(/C=N/c1ccc(CCCCCCCCCCCCCCCCC)cc1)=N\c1ccccc1.[Ni]. The summed E-state index contributed by atoms with van der Waals surface area (Å²) >= 11 is 0. The molecule has 228 valence electrons. The van der Waals surface area contributed by atoms with Crippen molar-refractivity contribution in [2.24, 2.45) is 9.98 Å². The molecule has 0 unspecified atom stereocenters. The van der Waals surface area contributed by atoms with Crippen LogP contribution in [0.25, 0.3) is 0 Å². The van der Waals surface area contributed by atoms with Crippen LogP contribution < -0.4 is 0 Å². The number of rotatable bonds is 22. The molecule has 2 nitrogen and oxygen atoms in total. The monoisotopic (exact) mass is 598 g/mol. The summed E-state index contributed by atoms with van der Waals surface area (Å²) in [5, 5.41) is 0. The molecule has 0 radical (unpaired) electrons. The maximum atomic E-state index is 4.71. The molecule has 0 aromatic heterocycles. The third-order valence-electron chi connectivity index (χ3n) is 7.47. The smallest absolute Gasteiger partial charge is 0.132 e. The topological polar surface area (TPSA) is 24.7 Å². The quantitative estimate of drug-likeness (QED) is 0.0557. The molecule has 0 bridgehead atoms. The minimum Gasteiger partial charge on any atom is -0.254 e. The summed E-state index contributed by atoms with van der Waals surface area (Å²) in [5.41, 5.74) is 3.98. The van der Waals surface area contributed by atoms with Crippen LogP contribution in [0.3, 0.4) is 0 Å². The van der Waals surface area contributed by atoms with Gasteiger partial charge in [0.15, 0.2) is 0 Å².